The maximum absolute atomic E-state index is 12.3. The molecule has 2 heterocycles. The molecule has 1 aromatic carbocycles. The Balaban J connectivity index is 1.53. The summed E-state index contributed by atoms with van der Waals surface area (Å²) in [5.41, 5.74) is 1.30. The number of rotatable bonds is 3. The van der Waals surface area contributed by atoms with Crippen LogP contribution in [0.3, 0.4) is 0 Å². The van der Waals surface area contributed by atoms with Crippen LogP contribution in [0.1, 0.15) is 15.2 Å². The average Bonchev–Trinajstić information content (AvgIpc) is 3.04. The lowest BCUT2D eigenvalue weighted by Crippen LogP contribution is -3.13. The zero-order valence-electron chi connectivity index (χ0n) is 11.7. The summed E-state index contributed by atoms with van der Waals surface area (Å²) < 4.78 is 0. The van der Waals surface area contributed by atoms with Crippen LogP contribution < -0.4 is 4.90 Å². The number of halogens is 1. The molecule has 110 valence electrons. The van der Waals surface area contributed by atoms with Gasteiger partial charge in [0.1, 0.15) is 6.54 Å². The molecule has 0 bridgehead atoms. The number of carbonyl (C=O) groups excluding carboxylic acids is 1. The van der Waals surface area contributed by atoms with Crippen LogP contribution >= 0.6 is 22.9 Å². The van der Waals surface area contributed by atoms with Crippen LogP contribution in [0.5, 0.6) is 0 Å². The molecule has 1 aliphatic rings. The van der Waals surface area contributed by atoms with Crippen molar-refractivity contribution in [2.45, 2.75) is 6.54 Å². The third-order valence-electron chi connectivity index (χ3n) is 3.86. The van der Waals surface area contributed by atoms with Gasteiger partial charge < -0.3 is 9.80 Å². The Morgan fingerprint density at radius 3 is 2.52 bits per heavy atom. The fraction of sp³-hybridized carbons (Fsp3) is 0.312. The fourth-order valence-electron chi connectivity index (χ4n) is 2.65. The monoisotopic (exact) mass is 321 g/mol. The minimum atomic E-state index is 0.176. The zero-order chi connectivity index (χ0) is 14.7. The normalized spacial score (nSPS) is 16.1. The van der Waals surface area contributed by atoms with Gasteiger partial charge in [0.25, 0.3) is 5.91 Å². The largest absolute Gasteiger partial charge is 0.328 e. The predicted octanol–water partition coefficient (Wildman–Crippen LogP) is 1.94. The van der Waals surface area contributed by atoms with Crippen molar-refractivity contribution in [3.05, 3.63) is 57.2 Å². The number of piperazine rings is 1. The second-order valence-corrected chi connectivity index (χ2v) is 6.71. The number of hydrogen-bond donors (Lipinski definition) is 1. The highest BCUT2D eigenvalue weighted by Crippen LogP contribution is 2.12. The summed E-state index contributed by atoms with van der Waals surface area (Å²) in [5.74, 6) is 0.176. The van der Waals surface area contributed by atoms with Gasteiger partial charge in [-0.1, -0.05) is 29.8 Å². The van der Waals surface area contributed by atoms with Gasteiger partial charge in [0.2, 0.25) is 0 Å². The Hall–Kier alpha value is -1.36. The summed E-state index contributed by atoms with van der Waals surface area (Å²) in [6.45, 7) is 4.66. The van der Waals surface area contributed by atoms with Crippen molar-refractivity contribution in [2.24, 2.45) is 0 Å². The summed E-state index contributed by atoms with van der Waals surface area (Å²) in [6.07, 6.45) is 0. The first-order valence-corrected chi connectivity index (χ1v) is 8.39. The maximum Gasteiger partial charge on any atom is 0.264 e. The molecule has 0 unspecified atom stereocenters. The van der Waals surface area contributed by atoms with Crippen molar-refractivity contribution >= 4 is 28.8 Å². The van der Waals surface area contributed by atoms with Gasteiger partial charge in [0, 0.05) is 10.6 Å². The molecule has 0 spiro atoms. The van der Waals surface area contributed by atoms with E-state index >= 15 is 0 Å². The molecule has 1 N–H and O–H groups in total. The Kier molecular flexibility index (Phi) is 4.58. The highest BCUT2D eigenvalue weighted by atomic mass is 35.5. The van der Waals surface area contributed by atoms with E-state index in [0.29, 0.717) is 0 Å². The first-order valence-electron chi connectivity index (χ1n) is 7.13. The molecule has 3 nitrogen and oxygen atoms in total. The standard InChI is InChI=1S/C16H17ClN2OS/c17-14-5-3-13(4-6-14)12-18-7-9-19(10-8-18)16(20)15-2-1-11-21-15/h1-6,11H,7-10,12H2/p+1. The Labute approximate surface area is 133 Å². The van der Waals surface area contributed by atoms with Crippen molar-refractivity contribution in [1.29, 1.82) is 0 Å². The van der Waals surface area contributed by atoms with E-state index in [1.807, 2.05) is 34.5 Å². The quantitative estimate of drug-likeness (QED) is 0.918. The first kappa shape index (κ1) is 14.6. The highest BCUT2D eigenvalue weighted by molar-refractivity contribution is 7.12. The molecule has 1 fully saturated rings. The minimum Gasteiger partial charge on any atom is -0.328 e. The lowest BCUT2D eigenvalue weighted by Gasteiger charge is -2.32. The molecule has 21 heavy (non-hydrogen) atoms. The number of amides is 1. The summed E-state index contributed by atoms with van der Waals surface area (Å²) in [5, 5.41) is 2.73. The molecule has 3 rings (SSSR count). The lowest BCUT2D eigenvalue weighted by molar-refractivity contribution is -0.917. The molecule has 0 saturated carbocycles. The number of carbonyl (C=O) groups is 1. The minimum absolute atomic E-state index is 0.176. The summed E-state index contributed by atoms with van der Waals surface area (Å²) in [7, 11) is 0. The van der Waals surface area contributed by atoms with Gasteiger partial charge in [-0.2, -0.15) is 0 Å². The fourth-order valence-corrected chi connectivity index (χ4v) is 3.47. The predicted molar refractivity (Wildman–Crippen MR) is 86.1 cm³/mol. The van der Waals surface area contributed by atoms with E-state index in [4.69, 9.17) is 11.6 Å². The van der Waals surface area contributed by atoms with E-state index in [9.17, 15) is 4.79 Å². The van der Waals surface area contributed by atoms with Gasteiger partial charge in [0.05, 0.1) is 31.1 Å². The topological polar surface area (TPSA) is 24.8 Å². The van der Waals surface area contributed by atoms with Crippen LogP contribution in [0.4, 0.5) is 0 Å². The second-order valence-electron chi connectivity index (χ2n) is 5.32. The van der Waals surface area contributed by atoms with Crippen LogP contribution in [0, 0.1) is 0 Å². The first-order chi connectivity index (χ1) is 10.2. The van der Waals surface area contributed by atoms with Gasteiger partial charge in [0.15, 0.2) is 0 Å². The zero-order valence-corrected chi connectivity index (χ0v) is 13.3. The summed E-state index contributed by atoms with van der Waals surface area (Å²) in [4.78, 5) is 16.6. The molecule has 1 aliphatic heterocycles. The van der Waals surface area contributed by atoms with Crippen LogP contribution in [0.2, 0.25) is 5.02 Å². The molecule has 1 aromatic heterocycles. The third kappa shape index (κ3) is 3.64. The number of benzene rings is 1. The molecular weight excluding hydrogens is 304 g/mol. The van der Waals surface area contributed by atoms with E-state index in [0.717, 1.165) is 42.6 Å². The summed E-state index contributed by atoms with van der Waals surface area (Å²) >= 11 is 7.43. The van der Waals surface area contributed by atoms with E-state index in [1.54, 1.807) is 0 Å². The number of quaternary nitrogens is 1. The van der Waals surface area contributed by atoms with E-state index in [2.05, 4.69) is 12.1 Å². The van der Waals surface area contributed by atoms with Crippen molar-refractivity contribution in [2.75, 3.05) is 26.2 Å². The lowest BCUT2D eigenvalue weighted by atomic mass is 10.2. The number of thiophene rings is 1. The van der Waals surface area contributed by atoms with Crippen molar-refractivity contribution in [3.8, 4) is 0 Å². The second kappa shape index (κ2) is 6.60. The summed E-state index contributed by atoms with van der Waals surface area (Å²) in [6, 6.07) is 11.9. The third-order valence-corrected chi connectivity index (χ3v) is 4.97. The van der Waals surface area contributed by atoms with E-state index in [1.165, 1.54) is 21.8 Å². The molecule has 1 saturated heterocycles. The molecule has 0 radical (unpaired) electrons. The maximum atomic E-state index is 12.3. The highest BCUT2D eigenvalue weighted by Gasteiger charge is 2.24. The van der Waals surface area contributed by atoms with Crippen LogP contribution in [0.25, 0.3) is 0 Å². The Bertz CT molecular complexity index is 589. The van der Waals surface area contributed by atoms with Crippen LogP contribution in [-0.4, -0.2) is 37.0 Å². The van der Waals surface area contributed by atoms with Crippen molar-refractivity contribution < 1.29 is 9.69 Å². The van der Waals surface area contributed by atoms with Crippen molar-refractivity contribution in [1.82, 2.24) is 4.90 Å². The molecular formula is C16H18ClN2OS+. The van der Waals surface area contributed by atoms with Gasteiger partial charge in [-0.25, -0.2) is 0 Å². The number of hydrogen-bond acceptors (Lipinski definition) is 2. The number of nitrogens with one attached hydrogen (secondary N) is 1. The van der Waals surface area contributed by atoms with Crippen molar-refractivity contribution in [3.63, 3.8) is 0 Å². The molecule has 0 aliphatic carbocycles. The smallest absolute Gasteiger partial charge is 0.264 e. The molecule has 5 heteroatoms. The molecule has 1 amide bonds. The van der Waals surface area contributed by atoms with Gasteiger partial charge >= 0.3 is 0 Å². The van der Waals surface area contributed by atoms with Gasteiger partial charge in [-0.15, -0.1) is 11.3 Å². The van der Waals surface area contributed by atoms with Gasteiger partial charge in [-0.05, 0) is 23.6 Å². The molecule has 2 aromatic rings. The number of nitrogens with zero attached hydrogens (tertiary/aromatic N) is 1. The SMILES string of the molecule is O=C(c1cccs1)N1CC[NH+](Cc2ccc(Cl)cc2)CC1. The van der Waals surface area contributed by atoms with Crippen LogP contribution in [-0.2, 0) is 6.54 Å². The average molecular weight is 322 g/mol. The Morgan fingerprint density at radius 1 is 1.19 bits per heavy atom. The van der Waals surface area contributed by atoms with E-state index < -0.39 is 0 Å². The Morgan fingerprint density at radius 2 is 1.90 bits per heavy atom. The van der Waals surface area contributed by atoms with Crippen LogP contribution in [0.15, 0.2) is 41.8 Å². The molecule has 0 atom stereocenters. The van der Waals surface area contributed by atoms with E-state index in [-0.39, 0.29) is 5.91 Å². The van der Waals surface area contributed by atoms with Gasteiger partial charge in [-0.3, -0.25) is 4.79 Å².